The van der Waals surface area contributed by atoms with Crippen LogP contribution in [0.15, 0.2) is 54.9 Å². The molecule has 1 atom stereocenters. The number of aromatic nitrogens is 2. The zero-order chi connectivity index (χ0) is 19.5. The van der Waals surface area contributed by atoms with Crippen LogP contribution in [0.3, 0.4) is 0 Å². The number of fused-ring (bicyclic) bond motifs is 3. The third-order valence-corrected chi connectivity index (χ3v) is 5.58. The maximum atomic E-state index is 11.6. The monoisotopic (exact) mass is 375 g/mol. The minimum absolute atomic E-state index is 0.426. The molecule has 1 aromatic heterocycles. The zero-order valence-electron chi connectivity index (χ0n) is 15.8. The molecule has 1 aliphatic heterocycles. The van der Waals surface area contributed by atoms with E-state index in [0.717, 1.165) is 36.3 Å². The zero-order valence-corrected chi connectivity index (χ0v) is 15.8. The van der Waals surface area contributed by atoms with Crippen LogP contribution in [0.5, 0.6) is 0 Å². The molecule has 3 N–H and O–H groups in total. The molecule has 144 valence electrons. The molecule has 5 heteroatoms. The van der Waals surface area contributed by atoms with E-state index < -0.39 is 11.9 Å². The Kier molecular flexibility index (Phi) is 5.26. The Labute approximate surface area is 164 Å². The molecule has 1 unspecified atom stereocenters. The van der Waals surface area contributed by atoms with Gasteiger partial charge in [-0.15, -0.1) is 0 Å². The molecule has 2 heterocycles. The molecule has 1 aliphatic rings. The number of rotatable bonds is 7. The fourth-order valence-electron chi connectivity index (χ4n) is 4.05. The number of aliphatic carboxylic acids is 1. The Morgan fingerprint density at radius 1 is 1.14 bits per heavy atom. The Balaban J connectivity index is 1.62. The van der Waals surface area contributed by atoms with Gasteiger partial charge in [-0.3, -0.25) is 4.79 Å². The van der Waals surface area contributed by atoms with Crippen molar-refractivity contribution in [3.63, 3.8) is 0 Å². The summed E-state index contributed by atoms with van der Waals surface area (Å²) >= 11 is 0. The largest absolute Gasteiger partial charge is 0.481 e. The number of carboxylic acid groups (broad SMARTS) is 1. The highest BCUT2D eigenvalue weighted by Crippen LogP contribution is 2.31. The van der Waals surface area contributed by atoms with Crippen molar-refractivity contribution in [1.82, 2.24) is 9.55 Å². The van der Waals surface area contributed by atoms with E-state index in [-0.39, 0.29) is 0 Å². The molecule has 4 rings (SSSR count). The number of nitrogens with two attached hydrogens (primary N) is 1. The first kappa shape index (κ1) is 18.4. The van der Waals surface area contributed by atoms with Crippen LogP contribution in [0.1, 0.15) is 29.8 Å². The van der Waals surface area contributed by atoms with Crippen molar-refractivity contribution >= 4 is 5.97 Å². The number of aryl methyl sites for hydroxylation is 1. The van der Waals surface area contributed by atoms with E-state index in [0.29, 0.717) is 19.4 Å². The summed E-state index contributed by atoms with van der Waals surface area (Å²) < 4.78 is 2.13. The maximum absolute atomic E-state index is 11.6. The molecule has 0 bridgehead atoms. The summed E-state index contributed by atoms with van der Waals surface area (Å²) in [5, 5.41) is 9.52. The van der Waals surface area contributed by atoms with E-state index in [1.54, 1.807) is 0 Å². The van der Waals surface area contributed by atoms with Crippen LogP contribution in [0.4, 0.5) is 0 Å². The van der Waals surface area contributed by atoms with Gasteiger partial charge in [0.15, 0.2) is 0 Å². The van der Waals surface area contributed by atoms with E-state index in [2.05, 4.69) is 52.0 Å². The third kappa shape index (κ3) is 3.58. The van der Waals surface area contributed by atoms with Gasteiger partial charge in [0.05, 0.1) is 23.6 Å². The lowest BCUT2D eigenvalue weighted by atomic mass is 9.93. The van der Waals surface area contributed by atoms with Crippen LogP contribution in [0, 0.1) is 5.92 Å². The van der Waals surface area contributed by atoms with Crippen LogP contribution in [0.2, 0.25) is 0 Å². The fourth-order valence-corrected chi connectivity index (χ4v) is 4.05. The van der Waals surface area contributed by atoms with Crippen LogP contribution in [-0.4, -0.2) is 27.2 Å². The lowest BCUT2D eigenvalue weighted by Crippen LogP contribution is -2.20. The number of benzene rings is 2. The smallest absolute Gasteiger partial charge is 0.306 e. The van der Waals surface area contributed by atoms with E-state index in [1.807, 2.05) is 12.4 Å². The lowest BCUT2D eigenvalue weighted by molar-refractivity contribution is -0.142. The predicted molar refractivity (Wildman–Crippen MR) is 110 cm³/mol. The first-order valence-corrected chi connectivity index (χ1v) is 9.84. The molecule has 5 nitrogen and oxygen atoms in total. The summed E-state index contributed by atoms with van der Waals surface area (Å²) in [4.78, 5) is 16.2. The molecule has 0 spiro atoms. The van der Waals surface area contributed by atoms with Crippen molar-refractivity contribution in [2.75, 3.05) is 6.54 Å². The van der Waals surface area contributed by atoms with Crippen molar-refractivity contribution in [2.24, 2.45) is 11.7 Å². The second kappa shape index (κ2) is 7.98. The van der Waals surface area contributed by atoms with E-state index >= 15 is 0 Å². The van der Waals surface area contributed by atoms with E-state index in [4.69, 9.17) is 5.73 Å². The molecular weight excluding hydrogens is 350 g/mol. The summed E-state index contributed by atoms with van der Waals surface area (Å²) in [6.07, 6.45) is 5.44. The predicted octanol–water partition coefficient (Wildman–Crippen LogP) is 3.62. The van der Waals surface area contributed by atoms with E-state index in [1.165, 1.54) is 16.7 Å². The molecule has 0 aliphatic carbocycles. The molecule has 0 radical (unpaired) electrons. The molecule has 0 saturated carbocycles. The minimum atomic E-state index is -0.765. The summed E-state index contributed by atoms with van der Waals surface area (Å²) in [5.41, 5.74) is 12.5. The lowest BCUT2D eigenvalue weighted by Gasteiger charge is -2.21. The number of hydrogen-bond donors (Lipinski definition) is 2. The van der Waals surface area contributed by atoms with Gasteiger partial charge >= 0.3 is 5.97 Å². The van der Waals surface area contributed by atoms with Gasteiger partial charge in [-0.25, -0.2) is 4.98 Å². The number of nitrogens with zero attached hydrogens (tertiary/aromatic N) is 2. The standard InChI is InChI=1S/C23H25N3O2/c24-12-4-7-19(23(27)28)14-20-22-11-9-18-13-17(16-5-2-1-3-6-16)8-10-21(18)26(22)15-25-20/h1-3,5-6,8,10,13,15,19H,4,7,9,11-12,14,24H2,(H,27,28). The van der Waals surface area contributed by atoms with Crippen molar-refractivity contribution in [3.8, 4) is 16.8 Å². The third-order valence-electron chi connectivity index (χ3n) is 5.58. The number of carbonyl (C=O) groups is 1. The second-order valence-corrected chi connectivity index (χ2v) is 7.39. The maximum Gasteiger partial charge on any atom is 0.306 e. The van der Waals surface area contributed by atoms with Crippen molar-refractivity contribution in [1.29, 1.82) is 0 Å². The van der Waals surface area contributed by atoms with Gasteiger partial charge in [0, 0.05) is 12.1 Å². The molecule has 3 aromatic rings. The second-order valence-electron chi connectivity index (χ2n) is 7.39. The normalized spacial score (nSPS) is 13.6. The van der Waals surface area contributed by atoms with Gasteiger partial charge in [-0.1, -0.05) is 36.4 Å². The summed E-state index contributed by atoms with van der Waals surface area (Å²) in [5.74, 6) is -1.19. The van der Waals surface area contributed by atoms with Gasteiger partial charge in [-0.05, 0) is 61.1 Å². The van der Waals surface area contributed by atoms with Gasteiger partial charge < -0.3 is 15.4 Å². The Morgan fingerprint density at radius 3 is 2.71 bits per heavy atom. The Morgan fingerprint density at radius 2 is 1.96 bits per heavy atom. The quantitative estimate of drug-likeness (QED) is 0.661. The average molecular weight is 375 g/mol. The molecule has 28 heavy (non-hydrogen) atoms. The molecule has 0 fully saturated rings. The van der Waals surface area contributed by atoms with Gasteiger partial charge in [0.2, 0.25) is 0 Å². The van der Waals surface area contributed by atoms with Crippen LogP contribution < -0.4 is 5.73 Å². The van der Waals surface area contributed by atoms with Gasteiger partial charge in [-0.2, -0.15) is 0 Å². The van der Waals surface area contributed by atoms with Crippen LogP contribution >= 0.6 is 0 Å². The molecule has 0 saturated heterocycles. The number of carboxylic acids is 1. The number of imidazole rings is 1. The fraction of sp³-hybridized carbons (Fsp3) is 0.304. The SMILES string of the molecule is NCCCC(Cc1ncn2c1CCc1cc(-c3ccccc3)ccc1-2)C(=O)O. The van der Waals surface area contributed by atoms with Crippen LogP contribution in [0.25, 0.3) is 16.8 Å². The Hall–Kier alpha value is -2.92. The highest BCUT2D eigenvalue weighted by atomic mass is 16.4. The Bertz CT molecular complexity index is 979. The molecule has 0 amide bonds. The highest BCUT2D eigenvalue weighted by Gasteiger charge is 2.24. The van der Waals surface area contributed by atoms with Crippen molar-refractivity contribution < 1.29 is 9.90 Å². The first-order valence-electron chi connectivity index (χ1n) is 9.84. The average Bonchev–Trinajstić information content (AvgIpc) is 3.14. The summed E-state index contributed by atoms with van der Waals surface area (Å²) in [6, 6.07) is 16.9. The van der Waals surface area contributed by atoms with Gasteiger partial charge in [0.1, 0.15) is 0 Å². The summed E-state index contributed by atoms with van der Waals surface area (Å²) in [7, 11) is 0. The first-order chi connectivity index (χ1) is 13.7. The molecule has 2 aromatic carbocycles. The highest BCUT2D eigenvalue weighted by molar-refractivity contribution is 5.70. The minimum Gasteiger partial charge on any atom is -0.481 e. The number of hydrogen-bond acceptors (Lipinski definition) is 3. The van der Waals surface area contributed by atoms with Crippen molar-refractivity contribution in [2.45, 2.75) is 32.1 Å². The van der Waals surface area contributed by atoms with Crippen LogP contribution in [-0.2, 0) is 24.1 Å². The summed E-state index contributed by atoms with van der Waals surface area (Å²) in [6.45, 7) is 0.516. The van der Waals surface area contributed by atoms with Crippen molar-refractivity contribution in [3.05, 3.63) is 71.8 Å². The topological polar surface area (TPSA) is 81.1 Å². The van der Waals surface area contributed by atoms with E-state index in [9.17, 15) is 9.90 Å². The molecular formula is C23H25N3O2. The van der Waals surface area contributed by atoms with Gasteiger partial charge in [0.25, 0.3) is 0 Å².